The first kappa shape index (κ1) is 15.9. The number of benzene rings is 2. The van der Waals surface area contributed by atoms with E-state index in [4.69, 9.17) is 9.47 Å². The lowest BCUT2D eigenvalue weighted by atomic mass is 9.94. The van der Waals surface area contributed by atoms with Crippen molar-refractivity contribution in [3.8, 4) is 11.5 Å². The molecule has 0 saturated carbocycles. The van der Waals surface area contributed by atoms with Crippen LogP contribution in [0.1, 0.15) is 30.5 Å². The summed E-state index contributed by atoms with van der Waals surface area (Å²) < 4.78 is 11.2. The predicted molar refractivity (Wildman–Crippen MR) is 93.2 cm³/mol. The zero-order valence-corrected chi connectivity index (χ0v) is 14.2. The molecule has 3 rings (SSSR count). The summed E-state index contributed by atoms with van der Waals surface area (Å²) in [5, 5.41) is 3.65. The molecule has 0 saturated heterocycles. The van der Waals surface area contributed by atoms with Gasteiger partial charge in [-0.15, -0.1) is 0 Å². The fourth-order valence-corrected chi connectivity index (χ4v) is 2.82. The molecule has 0 atom stereocenters. The van der Waals surface area contributed by atoms with E-state index in [1.807, 2.05) is 6.07 Å². The van der Waals surface area contributed by atoms with Gasteiger partial charge < -0.3 is 14.8 Å². The molecule has 23 heavy (non-hydrogen) atoms. The third-order valence-electron chi connectivity index (χ3n) is 4.14. The van der Waals surface area contributed by atoms with Gasteiger partial charge in [0.2, 0.25) is 0 Å². The highest BCUT2D eigenvalue weighted by atomic mass is 16.6. The molecule has 3 nitrogen and oxygen atoms in total. The maximum atomic E-state index is 5.65. The number of nitrogens with one attached hydrogen (secondary N) is 1. The minimum absolute atomic E-state index is 0.0303. The van der Waals surface area contributed by atoms with Gasteiger partial charge in [-0.25, -0.2) is 0 Å². The molecule has 0 bridgehead atoms. The van der Waals surface area contributed by atoms with Crippen LogP contribution < -0.4 is 14.8 Å². The summed E-state index contributed by atoms with van der Waals surface area (Å²) in [5.74, 6) is 1.70. The first-order chi connectivity index (χ1) is 11.0. The highest BCUT2D eigenvalue weighted by molar-refractivity contribution is 5.43. The van der Waals surface area contributed by atoms with Crippen LogP contribution in [0.4, 0.5) is 0 Å². The van der Waals surface area contributed by atoms with E-state index >= 15 is 0 Å². The topological polar surface area (TPSA) is 30.5 Å². The van der Waals surface area contributed by atoms with Crippen LogP contribution in [-0.4, -0.2) is 18.8 Å². The van der Waals surface area contributed by atoms with Crippen LogP contribution in [0.3, 0.4) is 0 Å². The Hall–Kier alpha value is -2.00. The largest absolute Gasteiger partial charge is 0.486 e. The smallest absolute Gasteiger partial charge is 0.161 e. The molecule has 0 radical (unpaired) electrons. The fourth-order valence-electron chi connectivity index (χ4n) is 2.82. The summed E-state index contributed by atoms with van der Waals surface area (Å²) in [6.07, 6.45) is 0.998. The third-order valence-corrected chi connectivity index (χ3v) is 4.14. The molecule has 2 aromatic carbocycles. The van der Waals surface area contributed by atoms with Crippen LogP contribution in [0.15, 0.2) is 42.5 Å². The summed E-state index contributed by atoms with van der Waals surface area (Å²) in [4.78, 5) is 0. The SMILES string of the molecule is Cc1ccc(CC(C)(C)NCc2ccc3c(c2)OCCO3)cc1. The first-order valence-corrected chi connectivity index (χ1v) is 8.21. The van der Waals surface area contributed by atoms with Gasteiger partial charge in [0.1, 0.15) is 13.2 Å². The molecular weight excluding hydrogens is 286 g/mol. The maximum Gasteiger partial charge on any atom is 0.161 e. The minimum Gasteiger partial charge on any atom is -0.486 e. The maximum absolute atomic E-state index is 5.65. The number of hydrogen-bond donors (Lipinski definition) is 1. The quantitative estimate of drug-likeness (QED) is 0.909. The summed E-state index contributed by atoms with van der Waals surface area (Å²) in [5.41, 5.74) is 3.90. The second kappa shape index (κ2) is 6.63. The van der Waals surface area contributed by atoms with Crippen LogP contribution in [0.2, 0.25) is 0 Å². The molecule has 1 aliphatic rings. The van der Waals surface area contributed by atoms with Gasteiger partial charge in [-0.05, 0) is 50.5 Å². The van der Waals surface area contributed by atoms with Crippen LogP contribution in [-0.2, 0) is 13.0 Å². The number of hydrogen-bond acceptors (Lipinski definition) is 3. The van der Waals surface area contributed by atoms with Crippen molar-refractivity contribution in [3.05, 3.63) is 59.2 Å². The third kappa shape index (κ3) is 4.26. The standard InChI is InChI=1S/C20H25NO2/c1-15-4-6-16(7-5-15)13-20(2,3)21-14-17-8-9-18-19(12-17)23-11-10-22-18/h4-9,12,21H,10-11,13-14H2,1-3H3. The van der Waals surface area contributed by atoms with E-state index in [1.54, 1.807) is 0 Å². The number of aryl methyl sites for hydroxylation is 1. The Morgan fingerprint density at radius 2 is 1.57 bits per heavy atom. The normalized spacial score (nSPS) is 13.9. The highest BCUT2D eigenvalue weighted by Crippen LogP contribution is 2.30. The summed E-state index contributed by atoms with van der Waals surface area (Å²) in [6.45, 7) is 8.68. The number of ether oxygens (including phenoxy) is 2. The van der Waals surface area contributed by atoms with Gasteiger partial charge in [0.25, 0.3) is 0 Å². The summed E-state index contributed by atoms with van der Waals surface area (Å²) in [6, 6.07) is 14.9. The van der Waals surface area contributed by atoms with Crippen LogP contribution in [0.5, 0.6) is 11.5 Å². The van der Waals surface area contributed by atoms with Crippen molar-refractivity contribution in [1.82, 2.24) is 5.32 Å². The highest BCUT2D eigenvalue weighted by Gasteiger charge is 2.18. The fraction of sp³-hybridized carbons (Fsp3) is 0.400. The second-order valence-corrected chi connectivity index (χ2v) is 6.88. The Morgan fingerprint density at radius 3 is 2.30 bits per heavy atom. The van der Waals surface area contributed by atoms with Crippen molar-refractivity contribution in [1.29, 1.82) is 0 Å². The lowest BCUT2D eigenvalue weighted by Crippen LogP contribution is -2.40. The van der Waals surface area contributed by atoms with Crippen molar-refractivity contribution >= 4 is 0 Å². The van der Waals surface area contributed by atoms with Gasteiger partial charge in [-0.3, -0.25) is 0 Å². The molecule has 0 spiro atoms. The average Bonchev–Trinajstić information content (AvgIpc) is 2.55. The molecule has 1 N–H and O–H groups in total. The zero-order valence-electron chi connectivity index (χ0n) is 14.2. The molecule has 0 amide bonds. The Kier molecular flexibility index (Phi) is 4.58. The monoisotopic (exact) mass is 311 g/mol. The minimum atomic E-state index is 0.0303. The molecule has 0 unspecified atom stereocenters. The van der Waals surface area contributed by atoms with Crippen molar-refractivity contribution < 1.29 is 9.47 Å². The zero-order chi connectivity index (χ0) is 16.3. The Morgan fingerprint density at radius 1 is 0.913 bits per heavy atom. The van der Waals surface area contributed by atoms with Gasteiger partial charge in [-0.1, -0.05) is 35.9 Å². The van der Waals surface area contributed by atoms with E-state index in [-0.39, 0.29) is 5.54 Å². The number of fused-ring (bicyclic) bond motifs is 1. The lowest BCUT2D eigenvalue weighted by molar-refractivity contribution is 0.171. The molecule has 0 aliphatic carbocycles. The molecule has 2 aromatic rings. The van der Waals surface area contributed by atoms with E-state index in [9.17, 15) is 0 Å². The van der Waals surface area contributed by atoms with Crippen LogP contribution in [0.25, 0.3) is 0 Å². The Labute approximate surface area is 138 Å². The van der Waals surface area contributed by atoms with Crippen LogP contribution >= 0.6 is 0 Å². The molecule has 0 fully saturated rings. The number of rotatable bonds is 5. The van der Waals surface area contributed by atoms with Crippen molar-refractivity contribution in [2.45, 2.75) is 39.3 Å². The van der Waals surface area contributed by atoms with E-state index in [2.05, 4.69) is 62.5 Å². The van der Waals surface area contributed by atoms with E-state index < -0.39 is 0 Å². The van der Waals surface area contributed by atoms with Gasteiger partial charge in [-0.2, -0.15) is 0 Å². The summed E-state index contributed by atoms with van der Waals surface area (Å²) >= 11 is 0. The predicted octanol–water partition coefficient (Wildman–Crippen LogP) is 3.88. The molecule has 3 heteroatoms. The van der Waals surface area contributed by atoms with Crippen LogP contribution in [0, 0.1) is 6.92 Å². The first-order valence-electron chi connectivity index (χ1n) is 8.21. The molecule has 1 aliphatic heterocycles. The lowest BCUT2D eigenvalue weighted by Gasteiger charge is -2.27. The molecule has 122 valence electrons. The van der Waals surface area contributed by atoms with E-state index in [0.717, 1.165) is 24.5 Å². The Balaban J connectivity index is 1.61. The van der Waals surface area contributed by atoms with Crippen molar-refractivity contribution in [2.24, 2.45) is 0 Å². The Bertz CT molecular complexity index is 662. The van der Waals surface area contributed by atoms with Crippen molar-refractivity contribution in [2.75, 3.05) is 13.2 Å². The van der Waals surface area contributed by atoms with Gasteiger partial charge in [0.05, 0.1) is 0 Å². The summed E-state index contributed by atoms with van der Waals surface area (Å²) in [7, 11) is 0. The second-order valence-electron chi connectivity index (χ2n) is 6.88. The van der Waals surface area contributed by atoms with Gasteiger partial charge in [0.15, 0.2) is 11.5 Å². The van der Waals surface area contributed by atoms with Crippen molar-refractivity contribution in [3.63, 3.8) is 0 Å². The molecule has 0 aromatic heterocycles. The van der Waals surface area contributed by atoms with Gasteiger partial charge in [0, 0.05) is 12.1 Å². The van der Waals surface area contributed by atoms with E-state index in [1.165, 1.54) is 16.7 Å². The molecular formula is C20H25NO2. The molecule has 1 heterocycles. The van der Waals surface area contributed by atoms with Gasteiger partial charge >= 0.3 is 0 Å². The average molecular weight is 311 g/mol. The van der Waals surface area contributed by atoms with E-state index in [0.29, 0.717) is 13.2 Å².